The number of anilines is 1. The Kier molecular flexibility index (Phi) is 4.14. The second-order valence-electron chi connectivity index (χ2n) is 4.16. The molecule has 1 N–H and O–H groups in total. The van der Waals surface area contributed by atoms with E-state index in [2.05, 4.69) is 20.9 Å². The first-order chi connectivity index (χ1) is 8.99. The van der Waals surface area contributed by atoms with Gasteiger partial charge in [0.25, 0.3) is 6.08 Å². The van der Waals surface area contributed by atoms with Crippen molar-refractivity contribution < 1.29 is 18.7 Å². The Morgan fingerprint density at radius 1 is 1.32 bits per heavy atom. The van der Waals surface area contributed by atoms with Gasteiger partial charge in [0, 0.05) is 13.1 Å². The normalized spacial score (nSPS) is 15.5. The zero-order valence-corrected chi connectivity index (χ0v) is 11.5. The topological polar surface area (TPSA) is 53.4 Å². The highest BCUT2D eigenvalue weighted by Crippen LogP contribution is 2.28. The van der Waals surface area contributed by atoms with Crippen molar-refractivity contribution >= 4 is 27.7 Å². The first kappa shape index (κ1) is 13.9. The molecule has 1 aromatic heterocycles. The molecule has 2 heterocycles. The second kappa shape index (κ2) is 5.64. The quantitative estimate of drug-likeness (QED) is 0.844. The van der Waals surface area contributed by atoms with E-state index in [9.17, 15) is 13.6 Å². The lowest BCUT2D eigenvalue weighted by Crippen LogP contribution is -2.32. The average Bonchev–Trinajstić information content (AvgIpc) is 2.38. The maximum absolute atomic E-state index is 12.5. The summed E-state index contributed by atoms with van der Waals surface area (Å²) in [6.07, 6.45) is -1.16. The molecule has 1 aromatic rings. The van der Waals surface area contributed by atoms with Gasteiger partial charge in [-0.05, 0) is 46.5 Å². The molecule has 102 valence electrons. The molecule has 19 heavy (non-hydrogen) atoms. The predicted octanol–water partition coefficient (Wildman–Crippen LogP) is 3.29. The van der Waals surface area contributed by atoms with E-state index in [1.807, 2.05) is 0 Å². The van der Waals surface area contributed by atoms with E-state index in [1.54, 1.807) is 11.0 Å². The summed E-state index contributed by atoms with van der Waals surface area (Å²) >= 11 is 3.19. The first-order valence-corrected chi connectivity index (χ1v) is 6.46. The number of hydrogen-bond donors (Lipinski definition) is 1. The number of nitrogens with zero attached hydrogens (tertiary/aromatic N) is 2. The van der Waals surface area contributed by atoms with Gasteiger partial charge in [0.2, 0.25) is 0 Å². The second-order valence-corrected chi connectivity index (χ2v) is 4.97. The van der Waals surface area contributed by atoms with Gasteiger partial charge in [0.1, 0.15) is 16.0 Å². The minimum atomic E-state index is -1.62. The lowest BCUT2D eigenvalue weighted by atomic mass is 10.0. The van der Waals surface area contributed by atoms with Crippen LogP contribution in [0, 0.1) is 0 Å². The Bertz CT molecular complexity index is 535. The van der Waals surface area contributed by atoms with Crippen molar-refractivity contribution in [2.45, 2.75) is 12.8 Å². The number of halogens is 3. The number of pyridine rings is 1. The van der Waals surface area contributed by atoms with Gasteiger partial charge in [0.05, 0.1) is 0 Å². The van der Waals surface area contributed by atoms with Gasteiger partial charge >= 0.3 is 5.97 Å². The van der Waals surface area contributed by atoms with Gasteiger partial charge in [-0.3, -0.25) is 0 Å². The van der Waals surface area contributed by atoms with Gasteiger partial charge in [-0.2, -0.15) is 8.78 Å². The molecule has 0 saturated carbocycles. The summed E-state index contributed by atoms with van der Waals surface area (Å²) in [4.78, 5) is 17.0. The Balaban J connectivity index is 2.26. The van der Waals surface area contributed by atoms with Gasteiger partial charge in [-0.25, -0.2) is 9.78 Å². The van der Waals surface area contributed by atoms with Crippen molar-refractivity contribution in [2.24, 2.45) is 0 Å². The minimum Gasteiger partial charge on any atom is -0.478 e. The molecular formula is C12H11BrF2N2O2. The molecule has 7 heteroatoms. The monoisotopic (exact) mass is 332 g/mol. The highest BCUT2D eigenvalue weighted by molar-refractivity contribution is 9.10. The highest BCUT2D eigenvalue weighted by atomic mass is 79.9. The highest BCUT2D eigenvalue weighted by Gasteiger charge is 2.23. The van der Waals surface area contributed by atoms with Crippen LogP contribution < -0.4 is 4.90 Å². The zero-order chi connectivity index (χ0) is 14.0. The minimum absolute atomic E-state index is 0.0800. The standard InChI is InChI=1S/C12H11BrF2N2O2/c13-9-2-1-8(12(18)19)11(16-9)17-5-3-7(4-6-17)10(14)15/h1-2H,3-6H2,(H,18,19). The summed E-state index contributed by atoms with van der Waals surface area (Å²) < 4.78 is 25.4. The number of carbonyl (C=O) groups is 1. The summed E-state index contributed by atoms with van der Waals surface area (Å²) in [7, 11) is 0. The van der Waals surface area contributed by atoms with Crippen LogP contribution in [0.25, 0.3) is 0 Å². The number of aromatic nitrogens is 1. The number of aromatic carboxylic acids is 1. The fraction of sp³-hybridized carbons (Fsp3) is 0.333. The van der Waals surface area contributed by atoms with E-state index in [4.69, 9.17) is 5.11 Å². The zero-order valence-electron chi connectivity index (χ0n) is 9.87. The molecule has 1 aliphatic heterocycles. The van der Waals surface area contributed by atoms with Crippen LogP contribution in [-0.2, 0) is 0 Å². The number of carboxylic acids is 1. The van der Waals surface area contributed by atoms with Crippen molar-refractivity contribution in [1.29, 1.82) is 0 Å². The Labute approximate surface area is 116 Å². The Morgan fingerprint density at radius 3 is 2.47 bits per heavy atom. The maximum Gasteiger partial charge on any atom is 0.339 e. The third-order valence-corrected chi connectivity index (χ3v) is 3.45. The fourth-order valence-corrected chi connectivity index (χ4v) is 2.31. The van der Waals surface area contributed by atoms with E-state index in [-0.39, 0.29) is 24.0 Å². The fourth-order valence-electron chi connectivity index (χ4n) is 2.01. The SMILES string of the molecule is O=C(O)c1ccc(Br)nc1N1CCC(=C(F)F)CC1. The smallest absolute Gasteiger partial charge is 0.339 e. The molecule has 0 amide bonds. The summed E-state index contributed by atoms with van der Waals surface area (Å²) in [5.41, 5.74) is 0.222. The summed E-state index contributed by atoms with van der Waals surface area (Å²) in [6.45, 7) is 0.687. The van der Waals surface area contributed by atoms with Crippen molar-refractivity contribution in [3.63, 3.8) is 0 Å². The molecule has 0 aromatic carbocycles. The molecule has 0 bridgehead atoms. The van der Waals surface area contributed by atoms with Crippen LogP contribution in [0.15, 0.2) is 28.4 Å². The van der Waals surface area contributed by atoms with Gasteiger partial charge < -0.3 is 10.0 Å². The third-order valence-electron chi connectivity index (χ3n) is 3.01. The third kappa shape index (κ3) is 3.09. The molecule has 0 aliphatic carbocycles. The number of carboxylic acid groups (broad SMARTS) is 1. The van der Waals surface area contributed by atoms with Crippen LogP contribution in [0.3, 0.4) is 0 Å². The van der Waals surface area contributed by atoms with E-state index >= 15 is 0 Å². The van der Waals surface area contributed by atoms with Crippen LogP contribution in [0.5, 0.6) is 0 Å². The van der Waals surface area contributed by atoms with E-state index < -0.39 is 12.0 Å². The molecule has 0 spiro atoms. The van der Waals surface area contributed by atoms with Crippen LogP contribution in [0.1, 0.15) is 23.2 Å². The average molecular weight is 333 g/mol. The summed E-state index contributed by atoms with van der Waals surface area (Å²) in [5, 5.41) is 9.12. The van der Waals surface area contributed by atoms with E-state index in [0.29, 0.717) is 23.5 Å². The van der Waals surface area contributed by atoms with Crippen LogP contribution >= 0.6 is 15.9 Å². The number of rotatable bonds is 2. The Morgan fingerprint density at radius 2 is 1.95 bits per heavy atom. The largest absolute Gasteiger partial charge is 0.478 e. The van der Waals surface area contributed by atoms with Crippen LogP contribution in [0.2, 0.25) is 0 Å². The Hall–Kier alpha value is -1.50. The number of piperidine rings is 1. The van der Waals surface area contributed by atoms with E-state index in [0.717, 1.165) is 0 Å². The summed E-state index contributed by atoms with van der Waals surface area (Å²) in [5.74, 6) is -0.756. The van der Waals surface area contributed by atoms with Crippen molar-refractivity contribution in [2.75, 3.05) is 18.0 Å². The number of hydrogen-bond acceptors (Lipinski definition) is 3. The molecule has 0 atom stereocenters. The molecule has 1 saturated heterocycles. The molecule has 4 nitrogen and oxygen atoms in total. The summed E-state index contributed by atoms with van der Waals surface area (Å²) in [6, 6.07) is 3.00. The van der Waals surface area contributed by atoms with Gasteiger partial charge in [-0.15, -0.1) is 0 Å². The molecular weight excluding hydrogens is 322 g/mol. The van der Waals surface area contributed by atoms with Crippen molar-refractivity contribution in [3.05, 3.63) is 34.0 Å². The first-order valence-electron chi connectivity index (χ1n) is 5.67. The predicted molar refractivity (Wildman–Crippen MR) is 69.6 cm³/mol. The van der Waals surface area contributed by atoms with E-state index in [1.165, 1.54) is 6.07 Å². The maximum atomic E-state index is 12.5. The van der Waals surface area contributed by atoms with Crippen LogP contribution in [0.4, 0.5) is 14.6 Å². The molecule has 0 radical (unpaired) electrons. The molecule has 0 unspecified atom stereocenters. The molecule has 1 fully saturated rings. The van der Waals surface area contributed by atoms with Gasteiger partial charge in [0.15, 0.2) is 0 Å². The molecule has 2 rings (SSSR count). The molecule has 1 aliphatic rings. The van der Waals surface area contributed by atoms with Crippen LogP contribution in [-0.4, -0.2) is 29.1 Å². The lowest BCUT2D eigenvalue weighted by molar-refractivity contribution is 0.0697. The lowest BCUT2D eigenvalue weighted by Gasteiger charge is -2.29. The van der Waals surface area contributed by atoms with Gasteiger partial charge in [-0.1, -0.05) is 0 Å². The van der Waals surface area contributed by atoms with Crippen molar-refractivity contribution in [1.82, 2.24) is 4.98 Å². The van der Waals surface area contributed by atoms with Crippen molar-refractivity contribution in [3.8, 4) is 0 Å².